The van der Waals surface area contributed by atoms with Crippen LogP contribution in [0.5, 0.6) is 0 Å². The molecule has 3 heteroatoms. The van der Waals surface area contributed by atoms with Gasteiger partial charge < -0.3 is 10.1 Å². The Balaban J connectivity index is 2.59. The van der Waals surface area contributed by atoms with Gasteiger partial charge in [0.2, 0.25) is 5.88 Å². The number of nitrogens with zero attached hydrogens (tertiary/aromatic N) is 1. The summed E-state index contributed by atoms with van der Waals surface area (Å²) in [6.07, 6.45) is 0. The highest BCUT2D eigenvalue weighted by atomic mass is 16.5. The van der Waals surface area contributed by atoms with Crippen molar-refractivity contribution in [1.82, 2.24) is 5.32 Å². The van der Waals surface area contributed by atoms with Crippen molar-refractivity contribution in [3.8, 4) is 6.07 Å². The Morgan fingerprint density at radius 2 is 2.21 bits per heavy atom. The van der Waals surface area contributed by atoms with Crippen molar-refractivity contribution in [2.75, 3.05) is 7.11 Å². The molecule has 0 aromatic heterocycles. The summed E-state index contributed by atoms with van der Waals surface area (Å²) in [6, 6.07) is 9.99. The van der Waals surface area contributed by atoms with Gasteiger partial charge in [0.05, 0.1) is 7.11 Å². The fraction of sp³-hybridized carbons (Fsp3) is 0.182. The van der Waals surface area contributed by atoms with Crippen LogP contribution in [0.15, 0.2) is 30.1 Å². The average molecular weight is 186 g/mol. The van der Waals surface area contributed by atoms with Crippen molar-refractivity contribution in [3.63, 3.8) is 0 Å². The minimum absolute atomic E-state index is 0.561. The summed E-state index contributed by atoms with van der Waals surface area (Å²) < 4.78 is 5.10. The average Bonchev–Trinajstić information content (AvgIpc) is 2.27. The van der Waals surface area contributed by atoms with E-state index < -0.39 is 0 Å². The maximum Gasteiger partial charge on any atom is 0.205 e. The molecular weight excluding hydrogens is 176 g/mol. The smallest absolute Gasteiger partial charge is 0.205 e. The predicted molar refractivity (Wildman–Crippen MR) is 52.8 cm³/mol. The van der Waals surface area contributed by atoms with Crippen LogP contribution < -0.4 is 5.32 Å². The Hall–Kier alpha value is -1.95. The summed E-state index contributed by atoms with van der Waals surface area (Å²) in [5.41, 5.74) is 2.67. The zero-order valence-corrected chi connectivity index (χ0v) is 7.87. The molecule has 0 saturated heterocycles. The molecule has 0 spiro atoms. The molecule has 0 aliphatic carbocycles. The van der Waals surface area contributed by atoms with Crippen molar-refractivity contribution in [3.05, 3.63) is 41.3 Å². The molecule has 1 heterocycles. The van der Waals surface area contributed by atoms with Gasteiger partial charge in [-0.15, -0.1) is 0 Å². The minimum atomic E-state index is 0.561. The van der Waals surface area contributed by atoms with Gasteiger partial charge in [-0.1, -0.05) is 24.3 Å². The highest BCUT2D eigenvalue weighted by molar-refractivity contribution is 5.81. The lowest BCUT2D eigenvalue weighted by Crippen LogP contribution is -2.21. The van der Waals surface area contributed by atoms with Crippen LogP contribution in [0.3, 0.4) is 0 Å². The van der Waals surface area contributed by atoms with Gasteiger partial charge in [0.25, 0.3) is 0 Å². The number of methoxy groups -OCH3 is 1. The molecule has 70 valence electrons. The molecule has 1 aromatic carbocycles. The van der Waals surface area contributed by atoms with Gasteiger partial charge in [-0.25, -0.2) is 0 Å². The molecule has 0 saturated carbocycles. The maximum atomic E-state index is 9.01. The minimum Gasteiger partial charge on any atom is -0.482 e. The van der Waals surface area contributed by atoms with Gasteiger partial charge in [-0.3, -0.25) is 0 Å². The molecule has 3 nitrogen and oxygen atoms in total. The third kappa shape index (κ3) is 1.21. The van der Waals surface area contributed by atoms with Crippen LogP contribution in [0.25, 0.3) is 5.57 Å². The van der Waals surface area contributed by atoms with E-state index in [1.807, 2.05) is 24.3 Å². The van der Waals surface area contributed by atoms with Crippen LogP contribution in [0.4, 0.5) is 0 Å². The highest BCUT2D eigenvalue weighted by Crippen LogP contribution is 2.25. The Morgan fingerprint density at radius 1 is 1.43 bits per heavy atom. The predicted octanol–water partition coefficient (Wildman–Crippen LogP) is 1.63. The van der Waals surface area contributed by atoms with Crippen LogP contribution >= 0.6 is 0 Å². The van der Waals surface area contributed by atoms with Crippen LogP contribution in [-0.4, -0.2) is 7.11 Å². The number of rotatable bonds is 1. The molecule has 0 atom stereocenters. The quantitative estimate of drug-likeness (QED) is 0.725. The standard InChI is InChI=1S/C11H10N2O/c1-14-11-10(6-12)9-5-3-2-4-8(9)7-13-11/h2-5,13H,7H2,1H3. The molecule has 1 aromatic rings. The summed E-state index contributed by atoms with van der Waals surface area (Å²) >= 11 is 0. The molecule has 0 fully saturated rings. The third-order valence-corrected chi connectivity index (χ3v) is 2.27. The lowest BCUT2D eigenvalue weighted by molar-refractivity contribution is 0.261. The highest BCUT2D eigenvalue weighted by Gasteiger charge is 2.18. The van der Waals surface area contributed by atoms with E-state index in [2.05, 4.69) is 11.4 Å². The molecule has 2 rings (SSSR count). The number of ether oxygens (including phenoxy) is 1. The summed E-state index contributed by atoms with van der Waals surface area (Å²) in [7, 11) is 1.56. The van der Waals surface area contributed by atoms with Gasteiger partial charge in [0.15, 0.2) is 0 Å². The Bertz CT molecular complexity index is 429. The molecular formula is C11H10N2O. The first-order valence-electron chi connectivity index (χ1n) is 4.37. The first-order chi connectivity index (χ1) is 6.86. The second-order valence-corrected chi connectivity index (χ2v) is 3.03. The fourth-order valence-corrected chi connectivity index (χ4v) is 1.59. The second-order valence-electron chi connectivity index (χ2n) is 3.03. The van der Waals surface area contributed by atoms with Crippen molar-refractivity contribution < 1.29 is 4.74 Å². The number of hydrogen-bond acceptors (Lipinski definition) is 3. The zero-order valence-electron chi connectivity index (χ0n) is 7.87. The Morgan fingerprint density at radius 3 is 2.93 bits per heavy atom. The molecule has 0 radical (unpaired) electrons. The fourth-order valence-electron chi connectivity index (χ4n) is 1.59. The number of nitriles is 1. The van der Waals surface area contributed by atoms with Crippen LogP contribution in [0.1, 0.15) is 11.1 Å². The van der Waals surface area contributed by atoms with E-state index >= 15 is 0 Å². The Labute approximate surface area is 82.6 Å². The van der Waals surface area contributed by atoms with Crippen LogP contribution in [-0.2, 0) is 11.3 Å². The van der Waals surface area contributed by atoms with E-state index in [0.29, 0.717) is 18.0 Å². The van der Waals surface area contributed by atoms with Crippen molar-refractivity contribution >= 4 is 5.57 Å². The van der Waals surface area contributed by atoms with Gasteiger partial charge in [-0.05, 0) is 5.56 Å². The first-order valence-corrected chi connectivity index (χ1v) is 4.37. The van der Waals surface area contributed by atoms with Gasteiger partial charge in [-0.2, -0.15) is 5.26 Å². The molecule has 14 heavy (non-hydrogen) atoms. The van der Waals surface area contributed by atoms with E-state index in [1.54, 1.807) is 7.11 Å². The second kappa shape index (κ2) is 3.43. The topological polar surface area (TPSA) is 45.0 Å². The maximum absolute atomic E-state index is 9.01. The van der Waals surface area contributed by atoms with E-state index in [-0.39, 0.29) is 0 Å². The summed E-state index contributed by atoms with van der Waals surface area (Å²) in [5, 5.41) is 12.1. The van der Waals surface area contributed by atoms with Crippen molar-refractivity contribution in [2.24, 2.45) is 0 Å². The SMILES string of the molecule is COC1=C(C#N)c2ccccc2CN1. The summed E-state index contributed by atoms with van der Waals surface area (Å²) in [5.74, 6) is 0.561. The van der Waals surface area contributed by atoms with Gasteiger partial charge in [0, 0.05) is 12.1 Å². The Kier molecular flexibility index (Phi) is 2.11. The zero-order chi connectivity index (χ0) is 9.97. The van der Waals surface area contributed by atoms with Crippen LogP contribution in [0, 0.1) is 11.3 Å². The number of hydrogen-bond donors (Lipinski definition) is 1. The third-order valence-electron chi connectivity index (χ3n) is 2.27. The van der Waals surface area contributed by atoms with Gasteiger partial charge >= 0.3 is 0 Å². The van der Waals surface area contributed by atoms with E-state index in [1.165, 1.54) is 0 Å². The molecule has 0 unspecified atom stereocenters. The normalized spacial score (nSPS) is 14.0. The van der Waals surface area contributed by atoms with Crippen LogP contribution in [0.2, 0.25) is 0 Å². The largest absolute Gasteiger partial charge is 0.482 e. The van der Waals surface area contributed by atoms with Crippen molar-refractivity contribution in [1.29, 1.82) is 5.26 Å². The van der Waals surface area contributed by atoms with E-state index in [0.717, 1.165) is 11.1 Å². The summed E-state index contributed by atoms with van der Waals surface area (Å²) in [6.45, 7) is 0.713. The van der Waals surface area contributed by atoms with E-state index in [4.69, 9.17) is 10.00 Å². The molecule has 0 bridgehead atoms. The van der Waals surface area contributed by atoms with Gasteiger partial charge in [0.1, 0.15) is 11.6 Å². The lowest BCUT2D eigenvalue weighted by Gasteiger charge is -2.19. The number of allylic oxidation sites excluding steroid dienone is 1. The monoisotopic (exact) mass is 186 g/mol. The number of benzene rings is 1. The van der Waals surface area contributed by atoms with E-state index in [9.17, 15) is 0 Å². The lowest BCUT2D eigenvalue weighted by atomic mass is 9.98. The number of nitrogens with one attached hydrogen (secondary N) is 1. The summed E-state index contributed by atoms with van der Waals surface area (Å²) in [4.78, 5) is 0. The molecule has 1 aliphatic rings. The molecule has 1 aliphatic heterocycles. The first kappa shape index (κ1) is 8.64. The van der Waals surface area contributed by atoms with Crippen molar-refractivity contribution in [2.45, 2.75) is 6.54 Å². The molecule has 0 amide bonds. The molecule has 1 N–H and O–H groups in total. The number of fused-ring (bicyclic) bond motifs is 1.